The number of amides is 2. The lowest BCUT2D eigenvalue weighted by Crippen LogP contribution is -2.53. The Bertz CT molecular complexity index is 1450. The molecule has 13 heteroatoms. The maximum absolute atomic E-state index is 13.5. The standard InChI is InChI=1S/C24H21F3N6O4/c1-32-19(17-4-2-3-5-18(17)30-32)22(35)33-10-11-36-13-16(33)12-28-21(34)15-8-6-14(7-9-15)20-29-23(37-31-20)24(25,26)27/h2-9,16H,10-13H2,1H3,(H,28,34)/t16-/m0/s1. The molecule has 1 atom stereocenters. The van der Waals surface area contributed by atoms with E-state index in [-0.39, 0.29) is 36.0 Å². The van der Waals surface area contributed by atoms with Gasteiger partial charge in [-0.25, -0.2) is 0 Å². The van der Waals surface area contributed by atoms with Gasteiger partial charge in [-0.05, 0) is 18.2 Å². The highest BCUT2D eigenvalue weighted by Gasteiger charge is 2.38. The average Bonchev–Trinajstić information content (AvgIpc) is 3.52. The number of benzene rings is 2. The zero-order chi connectivity index (χ0) is 26.2. The zero-order valence-corrected chi connectivity index (χ0v) is 19.5. The summed E-state index contributed by atoms with van der Waals surface area (Å²) < 4.78 is 49.4. The molecule has 3 heterocycles. The van der Waals surface area contributed by atoms with Crippen molar-refractivity contribution in [3.63, 3.8) is 0 Å². The van der Waals surface area contributed by atoms with E-state index in [2.05, 4.69) is 25.1 Å². The molecule has 1 N–H and O–H groups in total. The number of alkyl halides is 3. The number of aromatic nitrogens is 4. The smallest absolute Gasteiger partial charge is 0.377 e. The number of halogens is 3. The summed E-state index contributed by atoms with van der Waals surface area (Å²) in [6.07, 6.45) is -4.74. The number of hydrogen-bond acceptors (Lipinski definition) is 7. The fourth-order valence-corrected chi connectivity index (χ4v) is 4.17. The number of nitrogens with zero attached hydrogens (tertiary/aromatic N) is 5. The largest absolute Gasteiger partial charge is 0.471 e. The zero-order valence-electron chi connectivity index (χ0n) is 19.5. The lowest BCUT2D eigenvalue weighted by molar-refractivity contribution is -0.159. The van der Waals surface area contributed by atoms with Gasteiger partial charge in [0.05, 0.1) is 24.8 Å². The van der Waals surface area contributed by atoms with Crippen LogP contribution in [0.4, 0.5) is 13.2 Å². The van der Waals surface area contributed by atoms with E-state index in [0.717, 1.165) is 5.39 Å². The molecule has 2 aromatic heterocycles. The predicted molar refractivity (Wildman–Crippen MR) is 123 cm³/mol. The second kappa shape index (κ2) is 9.65. The van der Waals surface area contributed by atoms with Gasteiger partial charge in [0.25, 0.3) is 11.8 Å². The third-order valence-corrected chi connectivity index (χ3v) is 6.00. The fraction of sp³-hybridized carbons (Fsp3) is 0.292. The monoisotopic (exact) mass is 514 g/mol. The van der Waals surface area contributed by atoms with Crippen LogP contribution < -0.4 is 5.32 Å². The van der Waals surface area contributed by atoms with Crippen molar-refractivity contribution in [2.75, 3.05) is 26.3 Å². The minimum Gasteiger partial charge on any atom is -0.377 e. The van der Waals surface area contributed by atoms with E-state index in [9.17, 15) is 22.8 Å². The van der Waals surface area contributed by atoms with E-state index in [1.165, 1.54) is 24.3 Å². The van der Waals surface area contributed by atoms with Gasteiger partial charge >= 0.3 is 12.1 Å². The molecule has 0 bridgehead atoms. The van der Waals surface area contributed by atoms with Crippen molar-refractivity contribution < 1.29 is 32.0 Å². The maximum Gasteiger partial charge on any atom is 0.471 e. The number of ether oxygens (including phenoxy) is 1. The highest BCUT2D eigenvalue weighted by atomic mass is 19.4. The van der Waals surface area contributed by atoms with Crippen LogP contribution in [0.25, 0.3) is 22.3 Å². The summed E-state index contributed by atoms with van der Waals surface area (Å²) in [5.74, 6) is -2.31. The van der Waals surface area contributed by atoms with Crippen LogP contribution in [-0.4, -0.2) is 69.0 Å². The van der Waals surface area contributed by atoms with Gasteiger partial charge in [-0.15, -0.1) is 0 Å². The molecule has 5 rings (SSSR count). The molecule has 0 aliphatic carbocycles. The van der Waals surface area contributed by atoms with Crippen molar-refractivity contribution in [3.8, 4) is 11.4 Å². The summed E-state index contributed by atoms with van der Waals surface area (Å²) in [4.78, 5) is 31.2. The van der Waals surface area contributed by atoms with Gasteiger partial charge in [0.2, 0.25) is 5.82 Å². The molecule has 10 nitrogen and oxygen atoms in total. The van der Waals surface area contributed by atoms with Crippen molar-refractivity contribution in [2.24, 2.45) is 7.05 Å². The Morgan fingerprint density at radius 2 is 1.89 bits per heavy atom. The Kier molecular flexibility index (Phi) is 6.38. The molecule has 0 spiro atoms. The molecule has 4 aromatic rings. The number of fused-ring (bicyclic) bond motifs is 1. The molecule has 1 aliphatic rings. The molecule has 0 saturated carbocycles. The van der Waals surface area contributed by atoms with E-state index < -0.39 is 24.0 Å². The summed E-state index contributed by atoms with van der Waals surface area (Å²) in [6.45, 7) is 1.12. The van der Waals surface area contributed by atoms with Crippen LogP contribution in [0.3, 0.4) is 0 Å². The van der Waals surface area contributed by atoms with E-state index in [1.807, 2.05) is 24.3 Å². The van der Waals surface area contributed by atoms with Crippen LogP contribution in [0.2, 0.25) is 0 Å². The Balaban J connectivity index is 1.26. The topological polar surface area (TPSA) is 115 Å². The van der Waals surface area contributed by atoms with Crippen LogP contribution in [0, 0.1) is 0 Å². The van der Waals surface area contributed by atoms with Crippen molar-refractivity contribution >= 4 is 22.7 Å². The van der Waals surface area contributed by atoms with E-state index in [1.54, 1.807) is 16.6 Å². The van der Waals surface area contributed by atoms with E-state index in [4.69, 9.17) is 4.74 Å². The first-order valence-corrected chi connectivity index (χ1v) is 11.3. The lowest BCUT2D eigenvalue weighted by Gasteiger charge is -2.35. The molecule has 1 saturated heterocycles. The Hall–Kier alpha value is -4.26. The van der Waals surface area contributed by atoms with Gasteiger partial charge in [-0.2, -0.15) is 23.3 Å². The van der Waals surface area contributed by atoms with Crippen LogP contribution >= 0.6 is 0 Å². The summed E-state index contributed by atoms with van der Waals surface area (Å²) in [6, 6.07) is 12.7. The molecular weight excluding hydrogens is 493 g/mol. The van der Waals surface area contributed by atoms with E-state index in [0.29, 0.717) is 24.4 Å². The molecule has 0 unspecified atom stereocenters. The van der Waals surface area contributed by atoms with Crippen molar-refractivity contribution in [1.82, 2.24) is 30.1 Å². The highest BCUT2D eigenvalue weighted by Crippen LogP contribution is 2.29. The average molecular weight is 514 g/mol. The third kappa shape index (κ3) is 4.89. The van der Waals surface area contributed by atoms with Crippen molar-refractivity contribution in [1.29, 1.82) is 0 Å². The lowest BCUT2D eigenvalue weighted by atomic mass is 10.1. The first-order chi connectivity index (χ1) is 17.7. The predicted octanol–water partition coefficient (Wildman–Crippen LogP) is 2.91. The second-order valence-electron chi connectivity index (χ2n) is 8.42. The van der Waals surface area contributed by atoms with Gasteiger partial charge in [0, 0.05) is 36.7 Å². The second-order valence-corrected chi connectivity index (χ2v) is 8.42. The number of rotatable bonds is 5. The van der Waals surface area contributed by atoms with Gasteiger partial charge in [-0.3, -0.25) is 14.3 Å². The summed E-state index contributed by atoms with van der Waals surface area (Å²) in [7, 11) is 1.71. The van der Waals surface area contributed by atoms with Crippen molar-refractivity contribution in [2.45, 2.75) is 12.2 Å². The molecule has 2 amide bonds. The quantitative estimate of drug-likeness (QED) is 0.436. The van der Waals surface area contributed by atoms with Gasteiger partial charge < -0.3 is 19.5 Å². The van der Waals surface area contributed by atoms with Crippen molar-refractivity contribution in [3.05, 3.63) is 65.7 Å². The van der Waals surface area contributed by atoms with Crippen LogP contribution in [0.15, 0.2) is 53.1 Å². The first kappa shape index (κ1) is 24.4. The molecular formula is C24H21F3N6O4. The molecule has 1 fully saturated rings. The Morgan fingerprint density at radius 3 is 2.62 bits per heavy atom. The minimum absolute atomic E-state index is 0.141. The molecule has 37 heavy (non-hydrogen) atoms. The number of nitrogens with one attached hydrogen (secondary N) is 1. The fourth-order valence-electron chi connectivity index (χ4n) is 4.17. The van der Waals surface area contributed by atoms with Gasteiger partial charge in [0.15, 0.2) is 0 Å². The van der Waals surface area contributed by atoms with Gasteiger partial charge in [0.1, 0.15) is 5.69 Å². The maximum atomic E-state index is 13.5. The Morgan fingerprint density at radius 1 is 1.14 bits per heavy atom. The van der Waals surface area contributed by atoms with Crippen LogP contribution in [-0.2, 0) is 18.0 Å². The molecule has 2 aromatic carbocycles. The normalized spacial score (nSPS) is 16.2. The number of carbonyl (C=O) groups is 2. The number of morpholine rings is 1. The van der Waals surface area contributed by atoms with E-state index >= 15 is 0 Å². The summed E-state index contributed by atoms with van der Waals surface area (Å²) in [5.41, 5.74) is 1.71. The summed E-state index contributed by atoms with van der Waals surface area (Å²) >= 11 is 0. The highest BCUT2D eigenvalue weighted by molar-refractivity contribution is 6.05. The first-order valence-electron chi connectivity index (χ1n) is 11.3. The molecule has 0 radical (unpaired) electrons. The molecule has 1 aliphatic heterocycles. The van der Waals surface area contributed by atoms with Gasteiger partial charge in [-0.1, -0.05) is 35.5 Å². The SMILES string of the molecule is Cn1nc2ccccc2c1C(=O)N1CCOC[C@@H]1CNC(=O)c1ccc(-c2noc(C(F)(F)F)n2)cc1. The summed E-state index contributed by atoms with van der Waals surface area (Å²) in [5, 5.41) is 11.3. The minimum atomic E-state index is -4.74. The number of hydrogen-bond donors (Lipinski definition) is 1. The number of carbonyl (C=O) groups excluding carboxylic acids is 2. The van der Waals surface area contributed by atoms with Crippen LogP contribution in [0.1, 0.15) is 26.7 Å². The number of aryl methyl sites for hydroxylation is 1. The molecule has 192 valence electrons. The third-order valence-electron chi connectivity index (χ3n) is 6.00. The van der Waals surface area contributed by atoms with Crippen LogP contribution in [0.5, 0.6) is 0 Å². The Labute approximate surface area is 208 Å².